The third-order valence-corrected chi connectivity index (χ3v) is 7.27. The molecule has 39 heavy (non-hydrogen) atoms. The van der Waals surface area contributed by atoms with E-state index in [1.807, 2.05) is 26.8 Å². The number of thioether (sulfide) groups is 1. The van der Waals surface area contributed by atoms with Crippen molar-refractivity contribution in [1.82, 2.24) is 19.7 Å². The molecule has 1 aromatic carbocycles. The monoisotopic (exact) mass is 559 g/mol. The lowest BCUT2D eigenvalue weighted by atomic mass is 9.95. The Bertz CT molecular complexity index is 1210. The first-order chi connectivity index (χ1) is 18.8. The van der Waals surface area contributed by atoms with Crippen LogP contribution in [0, 0.1) is 0 Å². The summed E-state index contributed by atoms with van der Waals surface area (Å²) in [7, 11) is 1.54. The number of nitrogens with one attached hydrogen (secondary N) is 1. The van der Waals surface area contributed by atoms with Gasteiger partial charge in [0.25, 0.3) is 5.91 Å². The van der Waals surface area contributed by atoms with E-state index in [0.717, 1.165) is 24.2 Å². The van der Waals surface area contributed by atoms with E-state index in [0.29, 0.717) is 60.2 Å². The number of amides is 1. The molecule has 1 amide bonds. The second-order valence-corrected chi connectivity index (χ2v) is 10.6. The Balaban J connectivity index is 1.64. The van der Waals surface area contributed by atoms with Gasteiger partial charge < -0.3 is 29.2 Å². The molecule has 12 heteroatoms. The molecule has 2 aliphatic rings. The number of aromatic nitrogens is 3. The summed E-state index contributed by atoms with van der Waals surface area (Å²) in [6.45, 7) is 9.64. The summed E-state index contributed by atoms with van der Waals surface area (Å²) < 4.78 is 24.1. The molecule has 1 fully saturated rings. The van der Waals surface area contributed by atoms with E-state index in [1.165, 1.54) is 7.11 Å². The molecule has 1 unspecified atom stereocenters. The summed E-state index contributed by atoms with van der Waals surface area (Å²) in [5, 5.41) is 8.61. The molecule has 3 heterocycles. The molecule has 11 nitrogen and oxygen atoms in total. The number of hydrogen-bond acceptors (Lipinski definition) is 10. The fourth-order valence-corrected chi connectivity index (χ4v) is 5.28. The maximum absolute atomic E-state index is 13.3. The van der Waals surface area contributed by atoms with Gasteiger partial charge in [0.2, 0.25) is 11.1 Å². The number of nitrogens with zero attached hydrogens (tertiary/aromatic N) is 4. The smallest absolute Gasteiger partial charge is 0.338 e. The second kappa shape index (κ2) is 13.2. The van der Waals surface area contributed by atoms with Crippen LogP contribution in [0.3, 0.4) is 0 Å². The van der Waals surface area contributed by atoms with Gasteiger partial charge in [0, 0.05) is 24.5 Å². The summed E-state index contributed by atoms with van der Waals surface area (Å²) in [5.41, 5.74) is 1.82. The maximum atomic E-state index is 13.3. The van der Waals surface area contributed by atoms with Gasteiger partial charge in [-0.1, -0.05) is 31.2 Å². The Kier molecular flexibility index (Phi) is 9.73. The van der Waals surface area contributed by atoms with E-state index in [2.05, 4.69) is 17.2 Å². The van der Waals surface area contributed by atoms with Gasteiger partial charge in [0.05, 0.1) is 32.0 Å². The predicted octanol–water partition coefficient (Wildman–Crippen LogP) is 3.66. The third-order valence-electron chi connectivity index (χ3n) is 6.34. The number of morpholine rings is 1. The topological polar surface area (TPSA) is 117 Å². The minimum atomic E-state index is -0.599. The number of allylic oxidation sites excluding steroid dienone is 1. The predicted molar refractivity (Wildman–Crippen MR) is 147 cm³/mol. The lowest BCUT2D eigenvalue weighted by Crippen LogP contribution is -2.43. The van der Waals surface area contributed by atoms with Crippen molar-refractivity contribution < 1.29 is 28.5 Å². The first-order valence-corrected chi connectivity index (χ1v) is 14.2. The number of carbonyl (C=O) groups excluding carboxylic acids is 2. The Morgan fingerprint density at radius 3 is 2.69 bits per heavy atom. The number of ether oxygens (including phenoxy) is 4. The molecule has 2 aliphatic heterocycles. The lowest BCUT2D eigenvalue weighted by molar-refractivity contribution is -0.143. The normalized spacial score (nSPS) is 17.1. The van der Waals surface area contributed by atoms with Gasteiger partial charge in [-0.15, -0.1) is 5.10 Å². The van der Waals surface area contributed by atoms with Crippen LogP contribution in [0.5, 0.6) is 11.5 Å². The van der Waals surface area contributed by atoms with E-state index in [4.69, 9.17) is 24.0 Å². The molecular weight excluding hydrogens is 522 g/mol. The van der Waals surface area contributed by atoms with Crippen molar-refractivity contribution in [2.75, 3.05) is 51.1 Å². The Labute approximate surface area is 233 Å². The van der Waals surface area contributed by atoms with Crippen LogP contribution < -0.4 is 14.8 Å². The molecular formula is C27H37N5O6S. The summed E-state index contributed by atoms with van der Waals surface area (Å²) in [5.74, 6) is 1.78. The number of methoxy groups -OCH3 is 1. The van der Waals surface area contributed by atoms with Gasteiger partial charge in [-0.05, 0) is 44.9 Å². The first-order valence-electron chi connectivity index (χ1n) is 13.3. The second-order valence-electron chi connectivity index (χ2n) is 9.58. The molecule has 2 aromatic rings. The van der Waals surface area contributed by atoms with Crippen LogP contribution in [-0.2, 0) is 19.1 Å². The zero-order chi connectivity index (χ0) is 27.9. The number of fused-ring (bicyclic) bond motifs is 1. The highest BCUT2D eigenvalue weighted by Crippen LogP contribution is 2.40. The lowest BCUT2D eigenvalue weighted by Gasteiger charge is -2.29. The highest BCUT2D eigenvalue weighted by molar-refractivity contribution is 7.99. The molecule has 1 N–H and O–H groups in total. The van der Waals surface area contributed by atoms with E-state index in [1.54, 1.807) is 33.5 Å². The molecule has 1 aromatic heterocycles. The van der Waals surface area contributed by atoms with Gasteiger partial charge in [-0.3, -0.25) is 4.79 Å². The van der Waals surface area contributed by atoms with Gasteiger partial charge in [0.1, 0.15) is 6.04 Å². The summed E-state index contributed by atoms with van der Waals surface area (Å²) in [6, 6.07) is 4.80. The Morgan fingerprint density at radius 1 is 1.23 bits per heavy atom. The zero-order valence-corrected chi connectivity index (χ0v) is 24.0. The van der Waals surface area contributed by atoms with Crippen molar-refractivity contribution in [3.05, 3.63) is 35.0 Å². The maximum Gasteiger partial charge on any atom is 0.338 e. The molecule has 4 rings (SSSR count). The van der Waals surface area contributed by atoms with Gasteiger partial charge >= 0.3 is 5.97 Å². The molecule has 212 valence electrons. The van der Waals surface area contributed by atoms with E-state index in [-0.39, 0.29) is 18.6 Å². The van der Waals surface area contributed by atoms with Crippen molar-refractivity contribution in [3.8, 4) is 11.5 Å². The van der Waals surface area contributed by atoms with Crippen LogP contribution >= 0.6 is 11.8 Å². The standard InChI is InChI=1S/C27H37N5O6S/c1-6-7-14-39-27-29-26-28-18(4)23(25(34)38-17(2)3)24(32(26)30-27)19-8-9-20(21(15-19)35-5)37-16-22(33)31-10-12-36-13-11-31/h8-9,15,17,24H,6-7,10-14,16H2,1-5H3,(H,28,29,30). The molecule has 0 radical (unpaired) electrons. The molecule has 0 bridgehead atoms. The van der Waals surface area contributed by atoms with Crippen molar-refractivity contribution in [2.45, 2.75) is 57.8 Å². The number of hydrogen-bond donors (Lipinski definition) is 1. The highest BCUT2D eigenvalue weighted by Gasteiger charge is 2.36. The molecule has 0 spiro atoms. The van der Waals surface area contributed by atoms with Crippen molar-refractivity contribution in [2.24, 2.45) is 0 Å². The average Bonchev–Trinajstić information content (AvgIpc) is 3.33. The number of unbranched alkanes of at least 4 members (excludes halogenated alkanes) is 1. The van der Waals surface area contributed by atoms with Crippen LogP contribution in [-0.4, -0.2) is 83.4 Å². The number of benzene rings is 1. The van der Waals surface area contributed by atoms with Gasteiger partial charge in [-0.2, -0.15) is 4.98 Å². The number of carbonyl (C=O) groups is 2. The van der Waals surface area contributed by atoms with Gasteiger partial charge in [-0.25, -0.2) is 9.48 Å². The Hall–Kier alpha value is -3.25. The quantitative estimate of drug-likeness (QED) is 0.248. The zero-order valence-electron chi connectivity index (χ0n) is 23.2. The summed E-state index contributed by atoms with van der Waals surface area (Å²) in [4.78, 5) is 32.3. The van der Waals surface area contributed by atoms with Crippen LogP contribution in [0.1, 0.15) is 52.1 Å². The van der Waals surface area contributed by atoms with Crippen LogP contribution in [0.25, 0.3) is 0 Å². The SMILES string of the molecule is CCCCSc1nc2n(n1)C(c1ccc(OCC(=O)N3CCOCC3)c(OC)c1)C(C(=O)OC(C)C)=C(C)N2. The van der Waals surface area contributed by atoms with Crippen LogP contribution in [0.2, 0.25) is 0 Å². The molecule has 0 aliphatic carbocycles. The van der Waals surface area contributed by atoms with E-state index >= 15 is 0 Å². The summed E-state index contributed by atoms with van der Waals surface area (Å²) >= 11 is 1.58. The van der Waals surface area contributed by atoms with Crippen LogP contribution in [0.15, 0.2) is 34.6 Å². The largest absolute Gasteiger partial charge is 0.493 e. The highest BCUT2D eigenvalue weighted by atomic mass is 32.2. The van der Waals surface area contributed by atoms with Crippen molar-refractivity contribution in [3.63, 3.8) is 0 Å². The molecule has 1 saturated heterocycles. The van der Waals surface area contributed by atoms with E-state index < -0.39 is 12.0 Å². The molecule has 1 atom stereocenters. The van der Waals surface area contributed by atoms with E-state index in [9.17, 15) is 9.59 Å². The summed E-state index contributed by atoms with van der Waals surface area (Å²) in [6.07, 6.45) is 1.85. The molecule has 0 saturated carbocycles. The van der Waals surface area contributed by atoms with Crippen LogP contribution in [0.4, 0.5) is 5.95 Å². The first kappa shape index (κ1) is 28.8. The van der Waals surface area contributed by atoms with Crippen molar-refractivity contribution in [1.29, 1.82) is 0 Å². The Morgan fingerprint density at radius 2 is 2.00 bits per heavy atom. The van der Waals surface area contributed by atoms with Gasteiger partial charge in [0.15, 0.2) is 18.1 Å². The fraction of sp³-hybridized carbons (Fsp3) is 0.556. The minimum absolute atomic E-state index is 0.111. The average molecular weight is 560 g/mol. The number of anilines is 1. The fourth-order valence-electron chi connectivity index (χ4n) is 4.37. The minimum Gasteiger partial charge on any atom is -0.493 e. The van der Waals surface area contributed by atoms with Crippen molar-refractivity contribution >= 4 is 29.6 Å². The number of rotatable bonds is 11. The third kappa shape index (κ3) is 6.85. The number of esters is 1.